The topological polar surface area (TPSA) is 95.5 Å². The van der Waals surface area contributed by atoms with Crippen LogP contribution in [0.1, 0.15) is 19.3 Å². The molecular formula is C14H19FN2O4S. The predicted molar refractivity (Wildman–Crippen MR) is 77.9 cm³/mol. The Morgan fingerprint density at radius 3 is 2.68 bits per heavy atom. The number of rotatable bonds is 6. The van der Waals surface area contributed by atoms with Crippen LogP contribution in [0.25, 0.3) is 0 Å². The molecule has 1 fully saturated rings. The van der Waals surface area contributed by atoms with Gasteiger partial charge in [-0.1, -0.05) is 18.6 Å². The summed E-state index contributed by atoms with van der Waals surface area (Å²) in [5.41, 5.74) is 0. The van der Waals surface area contributed by atoms with E-state index in [0.717, 1.165) is 31.4 Å². The van der Waals surface area contributed by atoms with Crippen molar-refractivity contribution >= 4 is 15.9 Å². The van der Waals surface area contributed by atoms with Gasteiger partial charge < -0.3 is 10.4 Å². The highest BCUT2D eigenvalue weighted by Crippen LogP contribution is 2.24. The van der Waals surface area contributed by atoms with E-state index >= 15 is 0 Å². The molecule has 1 saturated carbocycles. The highest BCUT2D eigenvalue weighted by atomic mass is 32.2. The van der Waals surface area contributed by atoms with Crippen LogP contribution in [-0.2, 0) is 14.8 Å². The first-order chi connectivity index (χ1) is 10.4. The van der Waals surface area contributed by atoms with Gasteiger partial charge in [-0.25, -0.2) is 17.5 Å². The Kier molecular flexibility index (Phi) is 5.49. The molecule has 1 aromatic rings. The molecule has 2 atom stereocenters. The number of aliphatic hydroxyl groups is 1. The summed E-state index contributed by atoms with van der Waals surface area (Å²) in [5, 5.41) is 12.2. The predicted octanol–water partition coefficient (Wildman–Crippen LogP) is 0.381. The van der Waals surface area contributed by atoms with Crippen LogP contribution in [0.4, 0.5) is 4.39 Å². The maximum Gasteiger partial charge on any atom is 0.243 e. The molecule has 22 heavy (non-hydrogen) atoms. The summed E-state index contributed by atoms with van der Waals surface area (Å²) in [6.07, 6.45) is 2.06. The Labute approximate surface area is 128 Å². The van der Waals surface area contributed by atoms with Crippen molar-refractivity contribution in [3.8, 4) is 0 Å². The Hall–Kier alpha value is -1.51. The van der Waals surface area contributed by atoms with Crippen LogP contribution in [0.2, 0.25) is 0 Å². The van der Waals surface area contributed by atoms with Gasteiger partial charge >= 0.3 is 0 Å². The fourth-order valence-electron chi connectivity index (χ4n) is 2.46. The molecule has 0 bridgehead atoms. The molecule has 0 aromatic heterocycles. The van der Waals surface area contributed by atoms with Crippen molar-refractivity contribution in [3.05, 3.63) is 30.1 Å². The van der Waals surface area contributed by atoms with Crippen LogP contribution in [0.15, 0.2) is 29.2 Å². The third kappa shape index (κ3) is 4.25. The molecular weight excluding hydrogens is 311 g/mol. The third-order valence-corrected chi connectivity index (χ3v) is 5.16. The molecule has 1 aliphatic rings. The Morgan fingerprint density at radius 1 is 1.32 bits per heavy atom. The maximum absolute atomic E-state index is 13.5. The largest absolute Gasteiger partial charge is 0.393 e. The molecule has 0 radical (unpaired) electrons. The van der Waals surface area contributed by atoms with Crippen molar-refractivity contribution in [2.24, 2.45) is 5.92 Å². The van der Waals surface area contributed by atoms with Gasteiger partial charge in [-0.2, -0.15) is 0 Å². The molecule has 0 heterocycles. The molecule has 0 spiro atoms. The van der Waals surface area contributed by atoms with Crippen LogP contribution in [0.3, 0.4) is 0 Å². The molecule has 122 valence electrons. The van der Waals surface area contributed by atoms with E-state index in [1.807, 2.05) is 0 Å². The smallest absolute Gasteiger partial charge is 0.243 e. The molecule has 8 heteroatoms. The van der Waals surface area contributed by atoms with E-state index in [1.165, 1.54) is 12.1 Å². The lowest BCUT2D eigenvalue weighted by atomic mass is 10.1. The second-order valence-corrected chi connectivity index (χ2v) is 7.05. The lowest BCUT2D eigenvalue weighted by Crippen LogP contribution is -2.40. The summed E-state index contributed by atoms with van der Waals surface area (Å²) in [6.45, 7) is -0.166. The Morgan fingerprint density at radius 2 is 2.05 bits per heavy atom. The summed E-state index contributed by atoms with van der Waals surface area (Å²) in [7, 11) is -4.07. The summed E-state index contributed by atoms with van der Waals surface area (Å²) in [4.78, 5) is 11.2. The zero-order valence-corrected chi connectivity index (χ0v) is 12.8. The molecule has 0 unspecified atom stereocenters. The summed E-state index contributed by atoms with van der Waals surface area (Å²) in [6, 6.07) is 4.95. The molecule has 0 aliphatic heterocycles. The number of halogens is 1. The number of sulfonamides is 1. The highest BCUT2D eigenvalue weighted by molar-refractivity contribution is 7.89. The van der Waals surface area contributed by atoms with E-state index < -0.39 is 39.3 Å². The SMILES string of the molecule is O=C(CNS(=O)(=O)c1ccccc1F)NC[C@@H]1CCC[C@H]1O. The van der Waals surface area contributed by atoms with Crippen LogP contribution in [-0.4, -0.2) is 38.6 Å². The normalized spacial score (nSPS) is 21.7. The first-order valence-corrected chi connectivity index (χ1v) is 8.57. The number of carbonyl (C=O) groups excluding carboxylic acids is 1. The van der Waals surface area contributed by atoms with Crippen LogP contribution >= 0.6 is 0 Å². The van der Waals surface area contributed by atoms with Crippen molar-refractivity contribution < 1.29 is 22.7 Å². The van der Waals surface area contributed by atoms with E-state index in [9.17, 15) is 22.7 Å². The van der Waals surface area contributed by atoms with E-state index in [-0.39, 0.29) is 5.92 Å². The third-order valence-electron chi connectivity index (χ3n) is 3.73. The van der Waals surface area contributed by atoms with Gasteiger partial charge in [0.1, 0.15) is 10.7 Å². The van der Waals surface area contributed by atoms with Gasteiger partial charge in [-0.15, -0.1) is 0 Å². The van der Waals surface area contributed by atoms with E-state index in [4.69, 9.17) is 0 Å². The van der Waals surface area contributed by atoms with Gasteiger partial charge in [-0.3, -0.25) is 4.79 Å². The highest BCUT2D eigenvalue weighted by Gasteiger charge is 2.25. The quantitative estimate of drug-likeness (QED) is 0.703. The van der Waals surface area contributed by atoms with Crippen molar-refractivity contribution in [1.29, 1.82) is 0 Å². The Bertz CT molecular complexity index is 635. The number of nitrogens with one attached hydrogen (secondary N) is 2. The first kappa shape index (κ1) is 16.9. The summed E-state index contributed by atoms with van der Waals surface area (Å²) in [5.74, 6) is -1.38. The van der Waals surface area contributed by atoms with Crippen LogP contribution in [0.5, 0.6) is 0 Å². The molecule has 1 aromatic carbocycles. The van der Waals surface area contributed by atoms with Crippen LogP contribution < -0.4 is 10.0 Å². The number of hydrogen-bond donors (Lipinski definition) is 3. The second-order valence-electron chi connectivity index (χ2n) is 5.32. The van der Waals surface area contributed by atoms with Gasteiger partial charge in [-0.05, 0) is 25.0 Å². The van der Waals surface area contributed by atoms with Gasteiger partial charge in [0.2, 0.25) is 15.9 Å². The van der Waals surface area contributed by atoms with E-state index in [2.05, 4.69) is 10.0 Å². The fraction of sp³-hybridized carbons (Fsp3) is 0.500. The minimum Gasteiger partial charge on any atom is -0.393 e. The van der Waals surface area contributed by atoms with Gasteiger partial charge in [0.05, 0.1) is 12.6 Å². The molecule has 2 rings (SSSR count). The van der Waals surface area contributed by atoms with Crippen molar-refractivity contribution in [2.45, 2.75) is 30.3 Å². The minimum atomic E-state index is -4.07. The first-order valence-electron chi connectivity index (χ1n) is 7.09. The Balaban J connectivity index is 1.84. The van der Waals surface area contributed by atoms with Crippen LogP contribution in [0, 0.1) is 11.7 Å². The minimum absolute atomic E-state index is 0.00660. The monoisotopic (exact) mass is 330 g/mol. The zero-order valence-electron chi connectivity index (χ0n) is 12.0. The zero-order chi connectivity index (χ0) is 16.2. The van der Waals surface area contributed by atoms with Crippen molar-refractivity contribution in [3.63, 3.8) is 0 Å². The van der Waals surface area contributed by atoms with Crippen molar-refractivity contribution in [2.75, 3.05) is 13.1 Å². The molecule has 6 nitrogen and oxygen atoms in total. The standard InChI is InChI=1S/C14H19FN2O4S/c15-11-5-1-2-7-13(11)22(20,21)17-9-14(19)16-8-10-4-3-6-12(10)18/h1-2,5,7,10,12,17-18H,3-4,6,8-9H2,(H,16,19)/t10-,12+/m0/s1. The molecule has 1 aliphatic carbocycles. The number of aliphatic hydroxyl groups excluding tert-OH is 1. The number of amides is 1. The van der Waals surface area contributed by atoms with E-state index in [0.29, 0.717) is 6.54 Å². The molecule has 0 saturated heterocycles. The lowest BCUT2D eigenvalue weighted by Gasteiger charge is -2.15. The van der Waals surface area contributed by atoms with Gasteiger partial charge in [0.25, 0.3) is 0 Å². The molecule has 3 N–H and O–H groups in total. The van der Waals surface area contributed by atoms with Gasteiger partial charge in [0, 0.05) is 12.5 Å². The maximum atomic E-state index is 13.5. The number of hydrogen-bond acceptors (Lipinski definition) is 4. The lowest BCUT2D eigenvalue weighted by molar-refractivity contribution is -0.120. The summed E-state index contributed by atoms with van der Waals surface area (Å²) >= 11 is 0. The summed E-state index contributed by atoms with van der Waals surface area (Å²) < 4.78 is 39.3. The fourth-order valence-corrected chi connectivity index (χ4v) is 3.52. The van der Waals surface area contributed by atoms with Crippen molar-refractivity contribution in [1.82, 2.24) is 10.0 Å². The number of carbonyl (C=O) groups is 1. The second kappa shape index (κ2) is 7.17. The van der Waals surface area contributed by atoms with Gasteiger partial charge in [0.15, 0.2) is 0 Å². The van der Waals surface area contributed by atoms with E-state index in [1.54, 1.807) is 0 Å². The molecule has 1 amide bonds. The number of benzene rings is 1. The average molecular weight is 330 g/mol. The average Bonchev–Trinajstić information content (AvgIpc) is 2.89.